The number of rotatable bonds is 7. The molecule has 15 heavy (non-hydrogen) atoms. The number of aliphatic hydroxyl groups excluding tert-OH is 1. The maximum atomic E-state index is 9.15. The molecule has 1 unspecified atom stereocenters. The summed E-state index contributed by atoms with van der Waals surface area (Å²) in [5.41, 5.74) is 0. The summed E-state index contributed by atoms with van der Waals surface area (Å²) in [6, 6.07) is 10.4. The van der Waals surface area contributed by atoms with Gasteiger partial charge in [0, 0.05) is 11.5 Å². The van der Waals surface area contributed by atoms with Crippen LogP contribution in [0.2, 0.25) is 0 Å². The highest BCUT2D eigenvalue weighted by Gasteiger charge is 2.05. The van der Waals surface area contributed by atoms with E-state index in [4.69, 9.17) is 5.11 Å². The SMILES string of the molecule is CCCC(CO)CCSc1ccccc1. The molecule has 1 nitrogen and oxygen atoms in total. The topological polar surface area (TPSA) is 20.2 Å². The lowest BCUT2D eigenvalue weighted by Crippen LogP contribution is -2.06. The third-order valence-electron chi connectivity index (χ3n) is 2.49. The Balaban J connectivity index is 2.20. The summed E-state index contributed by atoms with van der Waals surface area (Å²) in [5.74, 6) is 1.60. The molecule has 0 radical (unpaired) electrons. The molecule has 1 N–H and O–H groups in total. The second-order valence-electron chi connectivity index (χ2n) is 3.79. The summed E-state index contributed by atoms with van der Waals surface area (Å²) in [7, 11) is 0. The predicted octanol–water partition coefficient (Wildman–Crippen LogP) is 3.58. The molecule has 0 saturated heterocycles. The number of hydrogen-bond donors (Lipinski definition) is 1. The molecule has 0 heterocycles. The summed E-state index contributed by atoms with van der Waals surface area (Å²) < 4.78 is 0. The van der Waals surface area contributed by atoms with E-state index in [1.54, 1.807) is 0 Å². The second kappa shape index (κ2) is 7.77. The van der Waals surface area contributed by atoms with Crippen LogP contribution in [0.4, 0.5) is 0 Å². The number of benzene rings is 1. The average Bonchev–Trinajstić information content (AvgIpc) is 2.29. The van der Waals surface area contributed by atoms with Crippen molar-refractivity contribution < 1.29 is 5.11 Å². The van der Waals surface area contributed by atoms with Gasteiger partial charge in [-0.25, -0.2) is 0 Å². The van der Waals surface area contributed by atoms with Gasteiger partial charge in [-0.1, -0.05) is 31.5 Å². The lowest BCUT2D eigenvalue weighted by molar-refractivity contribution is 0.215. The minimum absolute atomic E-state index is 0.336. The van der Waals surface area contributed by atoms with E-state index >= 15 is 0 Å². The zero-order chi connectivity index (χ0) is 10.9. The van der Waals surface area contributed by atoms with E-state index in [0.717, 1.165) is 18.6 Å². The normalized spacial score (nSPS) is 12.7. The van der Waals surface area contributed by atoms with Gasteiger partial charge in [0.05, 0.1) is 0 Å². The largest absolute Gasteiger partial charge is 0.396 e. The molecule has 0 aliphatic rings. The van der Waals surface area contributed by atoms with Gasteiger partial charge >= 0.3 is 0 Å². The number of aliphatic hydroxyl groups is 1. The number of thioether (sulfide) groups is 1. The van der Waals surface area contributed by atoms with Crippen LogP contribution in [0.15, 0.2) is 35.2 Å². The fraction of sp³-hybridized carbons (Fsp3) is 0.538. The molecule has 0 saturated carbocycles. The molecule has 1 rings (SSSR count). The summed E-state index contributed by atoms with van der Waals surface area (Å²) in [4.78, 5) is 1.32. The van der Waals surface area contributed by atoms with Crippen molar-refractivity contribution in [3.05, 3.63) is 30.3 Å². The quantitative estimate of drug-likeness (QED) is 0.714. The molecule has 0 spiro atoms. The maximum Gasteiger partial charge on any atom is 0.0459 e. The molecule has 0 aliphatic heterocycles. The van der Waals surface area contributed by atoms with E-state index in [1.165, 1.54) is 11.3 Å². The third-order valence-corrected chi connectivity index (χ3v) is 3.54. The first kappa shape index (κ1) is 12.6. The lowest BCUT2D eigenvalue weighted by Gasteiger charge is -2.12. The minimum atomic E-state index is 0.336. The van der Waals surface area contributed by atoms with Crippen LogP contribution in [0.5, 0.6) is 0 Å². The molecule has 84 valence electrons. The highest BCUT2D eigenvalue weighted by Crippen LogP contribution is 2.21. The molecule has 0 aromatic heterocycles. The first-order valence-electron chi connectivity index (χ1n) is 5.65. The van der Waals surface area contributed by atoms with E-state index < -0.39 is 0 Å². The summed E-state index contributed by atoms with van der Waals surface area (Å²) in [6.45, 7) is 2.51. The van der Waals surface area contributed by atoms with Gasteiger partial charge in [0.25, 0.3) is 0 Å². The molecule has 1 atom stereocenters. The van der Waals surface area contributed by atoms with Gasteiger partial charge in [0.1, 0.15) is 0 Å². The monoisotopic (exact) mass is 224 g/mol. The van der Waals surface area contributed by atoms with Crippen molar-refractivity contribution in [1.82, 2.24) is 0 Å². The van der Waals surface area contributed by atoms with Crippen molar-refractivity contribution in [1.29, 1.82) is 0 Å². The summed E-state index contributed by atoms with van der Waals surface area (Å²) in [6.07, 6.45) is 3.43. The van der Waals surface area contributed by atoms with Gasteiger partial charge in [0.2, 0.25) is 0 Å². The smallest absolute Gasteiger partial charge is 0.0459 e. The Morgan fingerprint density at radius 2 is 1.93 bits per heavy atom. The molecule has 0 aliphatic carbocycles. The van der Waals surface area contributed by atoms with Crippen LogP contribution in [-0.2, 0) is 0 Å². The van der Waals surface area contributed by atoms with Crippen LogP contribution in [0.1, 0.15) is 26.2 Å². The van der Waals surface area contributed by atoms with Gasteiger partial charge in [-0.15, -0.1) is 11.8 Å². The van der Waals surface area contributed by atoms with Crippen molar-refractivity contribution in [3.8, 4) is 0 Å². The van der Waals surface area contributed by atoms with Gasteiger partial charge in [-0.3, -0.25) is 0 Å². The highest BCUT2D eigenvalue weighted by molar-refractivity contribution is 7.99. The van der Waals surface area contributed by atoms with Crippen LogP contribution in [0.25, 0.3) is 0 Å². The first-order valence-corrected chi connectivity index (χ1v) is 6.64. The Labute approximate surface area is 96.9 Å². The van der Waals surface area contributed by atoms with Crippen molar-refractivity contribution in [2.45, 2.75) is 31.1 Å². The molecule has 0 amide bonds. The van der Waals surface area contributed by atoms with Crippen molar-refractivity contribution in [3.63, 3.8) is 0 Å². The lowest BCUT2D eigenvalue weighted by atomic mass is 10.0. The van der Waals surface area contributed by atoms with Gasteiger partial charge in [0.15, 0.2) is 0 Å². The van der Waals surface area contributed by atoms with E-state index in [9.17, 15) is 0 Å². The Bertz CT molecular complexity index is 248. The molecule has 2 heteroatoms. The van der Waals surface area contributed by atoms with Crippen LogP contribution >= 0.6 is 11.8 Å². The second-order valence-corrected chi connectivity index (χ2v) is 4.96. The zero-order valence-corrected chi connectivity index (χ0v) is 10.2. The van der Waals surface area contributed by atoms with E-state index in [0.29, 0.717) is 12.5 Å². The Kier molecular flexibility index (Phi) is 6.53. The molecular weight excluding hydrogens is 204 g/mol. The molecular formula is C13H20OS. The summed E-state index contributed by atoms with van der Waals surface area (Å²) >= 11 is 1.88. The standard InChI is InChI=1S/C13H20OS/c1-2-6-12(11-14)9-10-15-13-7-4-3-5-8-13/h3-5,7-8,12,14H,2,6,9-11H2,1H3. The van der Waals surface area contributed by atoms with Crippen molar-refractivity contribution >= 4 is 11.8 Å². The van der Waals surface area contributed by atoms with Crippen LogP contribution in [0.3, 0.4) is 0 Å². The Morgan fingerprint density at radius 3 is 2.53 bits per heavy atom. The Morgan fingerprint density at radius 1 is 1.20 bits per heavy atom. The summed E-state index contributed by atoms with van der Waals surface area (Å²) in [5, 5.41) is 9.15. The van der Waals surface area contributed by atoms with E-state index in [-0.39, 0.29) is 0 Å². The van der Waals surface area contributed by atoms with Crippen LogP contribution in [-0.4, -0.2) is 17.5 Å². The predicted molar refractivity (Wildman–Crippen MR) is 67.3 cm³/mol. The fourth-order valence-corrected chi connectivity index (χ4v) is 2.63. The third kappa shape index (κ3) is 5.24. The minimum Gasteiger partial charge on any atom is -0.396 e. The van der Waals surface area contributed by atoms with Gasteiger partial charge in [-0.05, 0) is 36.6 Å². The molecule has 0 bridgehead atoms. The van der Waals surface area contributed by atoms with Gasteiger partial charge in [-0.2, -0.15) is 0 Å². The van der Waals surface area contributed by atoms with Crippen molar-refractivity contribution in [2.75, 3.05) is 12.4 Å². The first-order chi connectivity index (χ1) is 7.36. The van der Waals surface area contributed by atoms with Crippen molar-refractivity contribution in [2.24, 2.45) is 5.92 Å². The average molecular weight is 224 g/mol. The molecule has 1 aromatic carbocycles. The molecule has 1 aromatic rings. The van der Waals surface area contributed by atoms with E-state index in [2.05, 4.69) is 31.2 Å². The van der Waals surface area contributed by atoms with Crippen LogP contribution < -0.4 is 0 Å². The van der Waals surface area contributed by atoms with E-state index in [1.807, 2.05) is 17.8 Å². The number of hydrogen-bond acceptors (Lipinski definition) is 2. The van der Waals surface area contributed by atoms with Gasteiger partial charge < -0.3 is 5.11 Å². The fourth-order valence-electron chi connectivity index (χ4n) is 1.60. The van der Waals surface area contributed by atoms with Crippen LogP contribution in [0, 0.1) is 5.92 Å². The zero-order valence-electron chi connectivity index (χ0n) is 9.36. The highest BCUT2D eigenvalue weighted by atomic mass is 32.2. The maximum absolute atomic E-state index is 9.15. The molecule has 0 fully saturated rings. The Hall–Kier alpha value is -0.470.